The first-order valence-corrected chi connectivity index (χ1v) is 8.39. The zero-order chi connectivity index (χ0) is 14.8. The van der Waals surface area contributed by atoms with E-state index in [1.807, 2.05) is 12.1 Å². The minimum Gasteiger partial charge on any atom is -0.389 e. The van der Waals surface area contributed by atoms with E-state index >= 15 is 0 Å². The van der Waals surface area contributed by atoms with Crippen molar-refractivity contribution in [1.82, 2.24) is 4.90 Å². The largest absolute Gasteiger partial charge is 0.389 e. The molecule has 21 heavy (non-hydrogen) atoms. The molecule has 2 fully saturated rings. The molecule has 1 unspecified atom stereocenters. The van der Waals surface area contributed by atoms with Gasteiger partial charge in [-0.1, -0.05) is 37.2 Å². The van der Waals surface area contributed by atoms with E-state index < -0.39 is 0 Å². The Kier molecular flexibility index (Phi) is 4.55. The van der Waals surface area contributed by atoms with E-state index in [2.05, 4.69) is 4.90 Å². The lowest BCUT2D eigenvalue weighted by Gasteiger charge is -2.29. The van der Waals surface area contributed by atoms with E-state index in [4.69, 9.17) is 18.0 Å². The van der Waals surface area contributed by atoms with E-state index in [1.165, 1.54) is 38.5 Å². The summed E-state index contributed by atoms with van der Waals surface area (Å²) in [5.41, 5.74) is 6.70. The van der Waals surface area contributed by atoms with Crippen LogP contribution in [0.15, 0.2) is 18.2 Å². The minimum absolute atomic E-state index is 0.142. The molecular formula is C17H23FN2S. The molecule has 0 spiro atoms. The molecule has 1 aromatic rings. The monoisotopic (exact) mass is 306 g/mol. The first-order valence-electron chi connectivity index (χ1n) is 7.98. The van der Waals surface area contributed by atoms with Gasteiger partial charge in [-0.3, -0.25) is 4.90 Å². The van der Waals surface area contributed by atoms with Crippen LogP contribution in [0.4, 0.5) is 4.39 Å². The number of hydrogen-bond acceptors (Lipinski definition) is 2. The Morgan fingerprint density at radius 2 is 2.00 bits per heavy atom. The average Bonchev–Trinajstić information content (AvgIpc) is 3.11. The Labute approximate surface area is 131 Å². The molecular weight excluding hydrogens is 283 g/mol. The molecule has 0 radical (unpaired) electrons. The smallest absolute Gasteiger partial charge is 0.137 e. The number of hydrogen-bond donors (Lipinski definition) is 1. The number of halogens is 1. The van der Waals surface area contributed by atoms with Gasteiger partial charge in [-0.25, -0.2) is 4.39 Å². The molecule has 0 aromatic heterocycles. The molecule has 2 aliphatic rings. The van der Waals surface area contributed by atoms with Crippen molar-refractivity contribution in [2.75, 3.05) is 6.54 Å². The van der Waals surface area contributed by atoms with Crippen LogP contribution in [-0.4, -0.2) is 22.5 Å². The van der Waals surface area contributed by atoms with Crippen LogP contribution in [0.3, 0.4) is 0 Å². The van der Waals surface area contributed by atoms with Crippen LogP contribution in [0, 0.1) is 11.7 Å². The Bertz CT molecular complexity index is 526. The van der Waals surface area contributed by atoms with Gasteiger partial charge in [0.2, 0.25) is 0 Å². The van der Waals surface area contributed by atoms with Gasteiger partial charge >= 0.3 is 0 Å². The zero-order valence-corrected chi connectivity index (χ0v) is 13.2. The molecule has 1 heterocycles. The SMILES string of the molecule is NC(=S)c1cccc(CN2CCCC2C2CCCC2)c1F. The highest BCUT2D eigenvalue weighted by molar-refractivity contribution is 7.80. The van der Waals surface area contributed by atoms with Crippen molar-refractivity contribution in [3.8, 4) is 0 Å². The second-order valence-corrected chi connectivity index (χ2v) is 6.81. The molecule has 4 heteroatoms. The van der Waals surface area contributed by atoms with Gasteiger partial charge in [-0.05, 0) is 44.2 Å². The fraction of sp³-hybridized carbons (Fsp3) is 0.588. The Morgan fingerprint density at radius 3 is 2.71 bits per heavy atom. The Hall–Kier alpha value is -1.00. The van der Waals surface area contributed by atoms with E-state index in [-0.39, 0.29) is 10.8 Å². The van der Waals surface area contributed by atoms with Gasteiger partial charge in [0.25, 0.3) is 0 Å². The lowest BCUT2D eigenvalue weighted by Crippen LogP contribution is -2.34. The maximum absolute atomic E-state index is 14.5. The fourth-order valence-electron chi connectivity index (χ4n) is 4.04. The van der Waals surface area contributed by atoms with Crippen molar-refractivity contribution in [3.63, 3.8) is 0 Å². The fourth-order valence-corrected chi connectivity index (χ4v) is 4.19. The highest BCUT2D eigenvalue weighted by Crippen LogP contribution is 2.36. The van der Waals surface area contributed by atoms with Crippen molar-refractivity contribution >= 4 is 17.2 Å². The first kappa shape index (κ1) is 14.9. The maximum atomic E-state index is 14.5. The lowest BCUT2D eigenvalue weighted by molar-refractivity contribution is 0.181. The minimum atomic E-state index is -0.234. The summed E-state index contributed by atoms with van der Waals surface area (Å²) in [6, 6.07) is 6.02. The normalized spacial score (nSPS) is 23.8. The molecule has 2 nitrogen and oxygen atoms in total. The zero-order valence-electron chi connectivity index (χ0n) is 12.4. The highest BCUT2D eigenvalue weighted by Gasteiger charge is 2.33. The van der Waals surface area contributed by atoms with Gasteiger partial charge in [-0.15, -0.1) is 0 Å². The topological polar surface area (TPSA) is 29.3 Å². The number of nitrogens with zero attached hydrogens (tertiary/aromatic N) is 1. The summed E-state index contributed by atoms with van der Waals surface area (Å²) in [5.74, 6) is 0.580. The molecule has 0 amide bonds. The molecule has 1 saturated heterocycles. The van der Waals surface area contributed by atoms with Crippen LogP contribution in [0.1, 0.15) is 49.7 Å². The summed E-state index contributed by atoms with van der Waals surface area (Å²) in [4.78, 5) is 2.61. The number of rotatable bonds is 4. The third-order valence-electron chi connectivity index (χ3n) is 5.08. The third-order valence-corrected chi connectivity index (χ3v) is 5.30. The first-order chi connectivity index (χ1) is 10.2. The van der Waals surface area contributed by atoms with Crippen molar-refractivity contribution in [2.24, 2.45) is 11.7 Å². The lowest BCUT2D eigenvalue weighted by atomic mass is 9.95. The maximum Gasteiger partial charge on any atom is 0.137 e. The summed E-state index contributed by atoms with van der Waals surface area (Å²) in [5, 5.41) is 0. The molecule has 1 aliphatic carbocycles. The summed E-state index contributed by atoms with van der Waals surface area (Å²) >= 11 is 4.93. The van der Waals surface area contributed by atoms with Crippen LogP contribution >= 0.6 is 12.2 Å². The number of thiocarbonyl (C=S) groups is 1. The molecule has 114 valence electrons. The summed E-state index contributed by atoms with van der Waals surface area (Å²) < 4.78 is 14.5. The molecule has 1 saturated carbocycles. The molecule has 2 N–H and O–H groups in total. The Morgan fingerprint density at radius 1 is 1.24 bits per heavy atom. The van der Waals surface area contributed by atoms with Crippen LogP contribution in [-0.2, 0) is 6.54 Å². The van der Waals surface area contributed by atoms with Gasteiger partial charge in [-0.2, -0.15) is 0 Å². The van der Waals surface area contributed by atoms with Gasteiger partial charge < -0.3 is 5.73 Å². The van der Waals surface area contributed by atoms with E-state index in [1.54, 1.807) is 6.07 Å². The second kappa shape index (κ2) is 6.41. The van der Waals surface area contributed by atoms with Crippen molar-refractivity contribution in [2.45, 2.75) is 51.1 Å². The van der Waals surface area contributed by atoms with E-state index in [0.717, 1.165) is 18.0 Å². The van der Waals surface area contributed by atoms with Crippen molar-refractivity contribution in [3.05, 3.63) is 35.1 Å². The number of nitrogens with two attached hydrogens (primary N) is 1. The molecule has 1 aromatic carbocycles. The predicted molar refractivity (Wildman–Crippen MR) is 87.7 cm³/mol. The summed E-state index contributed by atoms with van der Waals surface area (Å²) in [6.07, 6.45) is 7.91. The van der Waals surface area contributed by atoms with Crippen LogP contribution in [0.5, 0.6) is 0 Å². The second-order valence-electron chi connectivity index (χ2n) is 6.37. The van der Waals surface area contributed by atoms with Gasteiger partial charge in [0.1, 0.15) is 10.8 Å². The quantitative estimate of drug-likeness (QED) is 0.862. The molecule has 0 bridgehead atoms. The summed E-state index contributed by atoms with van der Waals surface area (Å²) in [6.45, 7) is 1.77. The molecule has 1 aliphatic heterocycles. The van der Waals surface area contributed by atoms with Crippen LogP contribution in [0.25, 0.3) is 0 Å². The molecule has 3 rings (SSSR count). The van der Waals surface area contributed by atoms with E-state index in [9.17, 15) is 4.39 Å². The Balaban J connectivity index is 1.76. The number of benzene rings is 1. The number of likely N-dealkylation sites (tertiary alicyclic amines) is 1. The van der Waals surface area contributed by atoms with Crippen LogP contribution in [0.2, 0.25) is 0 Å². The van der Waals surface area contributed by atoms with Gasteiger partial charge in [0.05, 0.1) is 0 Å². The molecule has 1 atom stereocenters. The summed E-state index contributed by atoms with van der Waals surface area (Å²) in [7, 11) is 0. The van der Waals surface area contributed by atoms with Crippen molar-refractivity contribution < 1.29 is 4.39 Å². The predicted octanol–water partition coefficient (Wildman–Crippen LogP) is 3.61. The van der Waals surface area contributed by atoms with Crippen molar-refractivity contribution in [1.29, 1.82) is 0 Å². The van der Waals surface area contributed by atoms with Gasteiger partial charge in [0, 0.05) is 23.7 Å². The third kappa shape index (κ3) is 3.11. The standard InChI is InChI=1S/C17H23FN2S/c18-16-13(7-3-8-14(16)17(19)21)11-20-10-4-9-15(20)12-5-1-2-6-12/h3,7-8,12,15H,1-2,4-6,9-11H2,(H2,19,21). The van der Waals surface area contributed by atoms with E-state index in [0.29, 0.717) is 18.2 Å². The van der Waals surface area contributed by atoms with Gasteiger partial charge in [0.15, 0.2) is 0 Å². The highest BCUT2D eigenvalue weighted by atomic mass is 32.1. The average molecular weight is 306 g/mol. The van der Waals surface area contributed by atoms with Crippen LogP contribution < -0.4 is 5.73 Å².